The summed E-state index contributed by atoms with van der Waals surface area (Å²) < 4.78 is 5.68. The lowest BCUT2D eigenvalue weighted by Gasteiger charge is -2.38. The number of amides is 2. The van der Waals surface area contributed by atoms with Crippen LogP contribution in [0.5, 0.6) is 0 Å². The van der Waals surface area contributed by atoms with Gasteiger partial charge in [0.05, 0.1) is 0 Å². The van der Waals surface area contributed by atoms with Crippen LogP contribution in [0.25, 0.3) is 11.1 Å². The van der Waals surface area contributed by atoms with Gasteiger partial charge in [-0.15, -0.1) is 0 Å². The van der Waals surface area contributed by atoms with Gasteiger partial charge in [-0.05, 0) is 53.4 Å². The summed E-state index contributed by atoms with van der Waals surface area (Å²) in [5.74, 6) is -1.38. The minimum absolute atomic E-state index is 0.0818. The van der Waals surface area contributed by atoms with Crippen molar-refractivity contribution in [3.63, 3.8) is 0 Å². The first-order chi connectivity index (χ1) is 16.6. The number of aliphatic carboxylic acids is 1. The quantitative estimate of drug-likeness (QED) is 0.660. The van der Waals surface area contributed by atoms with E-state index in [0.29, 0.717) is 25.7 Å². The van der Waals surface area contributed by atoms with Gasteiger partial charge in [0.15, 0.2) is 0 Å². The second kappa shape index (κ2) is 8.40. The van der Waals surface area contributed by atoms with E-state index in [1.807, 2.05) is 45.0 Å². The highest BCUT2D eigenvalue weighted by Gasteiger charge is 2.60. The molecule has 2 aliphatic heterocycles. The number of rotatable bonds is 5. The predicted octanol–water partition coefficient (Wildman–Crippen LogP) is 4.55. The molecule has 5 rings (SSSR count). The van der Waals surface area contributed by atoms with E-state index in [1.165, 1.54) is 4.90 Å². The first-order valence-corrected chi connectivity index (χ1v) is 12.3. The normalized spacial score (nSPS) is 23.5. The van der Waals surface area contributed by atoms with Crippen molar-refractivity contribution in [3.8, 4) is 11.1 Å². The van der Waals surface area contributed by atoms with E-state index in [9.17, 15) is 19.5 Å². The molecule has 2 saturated heterocycles. The lowest BCUT2D eigenvalue weighted by molar-refractivity contribution is -0.157. The Balaban J connectivity index is 1.32. The first-order valence-electron chi connectivity index (χ1n) is 12.3. The van der Waals surface area contributed by atoms with Gasteiger partial charge in [0.2, 0.25) is 5.91 Å². The Kier molecular flexibility index (Phi) is 5.61. The van der Waals surface area contributed by atoms with E-state index in [2.05, 4.69) is 29.6 Å². The molecule has 2 heterocycles. The van der Waals surface area contributed by atoms with Gasteiger partial charge in [-0.3, -0.25) is 4.79 Å². The summed E-state index contributed by atoms with van der Waals surface area (Å²) in [7, 11) is 0. The number of carboxylic acid groups (broad SMARTS) is 1. The molecule has 2 aromatic carbocycles. The van der Waals surface area contributed by atoms with Crippen LogP contribution in [0.2, 0.25) is 0 Å². The lowest BCUT2D eigenvalue weighted by atomic mass is 9.84. The molecule has 0 unspecified atom stereocenters. The van der Waals surface area contributed by atoms with Crippen LogP contribution >= 0.6 is 0 Å². The maximum absolute atomic E-state index is 13.7. The molecule has 0 spiro atoms. The zero-order chi connectivity index (χ0) is 25.0. The van der Waals surface area contributed by atoms with Crippen molar-refractivity contribution in [3.05, 3.63) is 59.7 Å². The number of ether oxygens (including phenoxy) is 1. The minimum atomic E-state index is -1.16. The number of hydrogen-bond donors (Lipinski definition) is 2. The van der Waals surface area contributed by atoms with Crippen molar-refractivity contribution in [2.75, 3.05) is 6.61 Å². The van der Waals surface area contributed by atoms with Gasteiger partial charge < -0.3 is 20.1 Å². The van der Waals surface area contributed by atoms with Gasteiger partial charge >= 0.3 is 12.1 Å². The van der Waals surface area contributed by atoms with Crippen LogP contribution in [0.15, 0.2) is 48.5 Å². The predicted molar refractivity (Wildman–Crippen MR) is 131 cm³/mol. The molecule has 2 amide bonds. The SMILES string of the molecule is CC(C)(C)[C@@H](NC(=O)OCC1c2ccccc2-c2ccccc21)C(=O)N1C2CCC1(C(=O)O)CC2. The van der Waals surface area contributed by atoms with Crippen LogP contribution in [0.4, 0.5) is 4.79 Å². The standard InChI is InChI=1S/C28H32N2O5/c1-27(2,3)23(24(31)30-17-12-14-28(30,15-13-17)25(32)33)29-26(34)35-16-22-20-10-6-4-8-18(20)19-9-5-7-11-21(19)22/h4-11,17,22-23H,12-16H2,1-3H3,(H,29,34)(H,32,33)/t17?,23-,28?/m0/s1. The fraction of sp³-hybridized carbons (Fsp3) is 0.464. The Labute approximate surface area is 205 Å². The molecule has 2 bridgehead atoms. The number of carbonyl (C=O) groups excluding carboxylic acids is 2. The van der Waals surface area contributed by atoms with Crippen LogP contribution in [0.3, 0.4) is 0 Å². The van der Waals surface area contributed by atoms with Gasteiger partial charge in [-0.2, -0.15) is 0 Å². The number of nitrogens with one attached hydrogen (secondary N) is 1. The third kappa shape index (κ3) is 3.77. The van der Waals surface area contributed by atoms with Crippen LogP contribution in [0, 0.1) is 5.41 Å². The largest absolute Gasteiger partial charge is 0.479 e. The Morgan fingerprint density at radius 2 is 1.57 bits per heavy atom. The van der Waals surface area contributed by atoms with Crippen molar-refractivity contribution >= 4 is 18.0 Å². The second-order valence-corrected chi connectivity index (χ2v) is 11.0. The minimum Gasteiger partial charge on any atom is -0.479 e. The molecule has 3 aliphatic rings. The molecule has 2 aromatic rings. The van der Waals surface area contributed by atoms with E-state index in [4.69, 9.17) is 4.74 Å². The molecule has 7 nitrogen and oxygen atoms in total. The van der Waals surface area contributed by atoms with Gasteiger partial charge in [0.25, 0.3) is 0 Å². The zero-order valence-corrected chi connectivity index (χ0v) is 20.4. The Morgan fingerprint density at radius 3 is 2.09 bits per heavy atom. The Morgan fingerprint density at radius 1 is 1.03 bits per heavy atom. The third-order valence-corrected chi connectivity index (χ3v) is 7.96. The monoisotopic (exact) mass is 476 g/mol. The van der Waals surface area contributed by atoms with Crippen molar-refractivity contribution in [1.29, 1.82) is 0 Å². The maximum atomic E-state index is 13.7. The average molecular weight is 477 g/mol. The van der Waals surface area contributed by atoms with Gasteiger partial charge in [0, 0.05) is 12.0 Å². The summed E-state index contributed by atoms with van der Waals surface area (Å²) in [6.45, 7) is 5.75. The van der Waals surface area contributed by atoms with Gasteiger partial charge in [-0.1, -0.05) is 69.3 Å². The molecule has 1 atom stereocenters. The zero-order valence-electron chi connectivity index (χ0n) is 20.4. The highest BCUT2D eigenvalue weighted by molar-refractivity contribution is 5.93. The lowest BCUT2D eigenvalue weighted by Crippen LogP contribution is -2.60. The molecule has 0 radical (unpaired) electrons. The summed E-state index contributed by atoms with van der Waals surface area (Å²) in [5, 5.41) is 12.7. The van der Waals surface area contributed by atoms with Crippen LogP contribution in [-0.4, -0.2) is 52.2 Å². The summed E-state index contributed by atoms with van der Waals surface area (Å²) >= 11 is 0. The number of benzene rings is 2. The van der Waals surface area contributed by atoms with E-state index in [1.54, 1.807) is 0 Å². The first kappa shape index (κ1) is 23.4. The number of hydrogen-bond acceptors (Lipinski definition) is 4. The van der Waals surface area contributed by atoms with Crippen LogP contribution in [0.1, 0.15) is 63.5 Å². The van der Waals surface area contributed by atoms with Gasteiger partial charge in [0.1, 0.15) is 18.2 Å². The molecule has 0 saturated carbocycles. The molecule has 1 aliphatic carbocycles. The fourth-order valence-electron chi connectivity index (χ4n) is 6.18. The Hall–Kier alpha value is -3.35. The molecule has 35 heavy (non-hydrogen) atoms. The van der Waals surface area contributed by atoms with Crippen molar-refractivity contribution in [1.82, 2.24) is 10.2 Å². The summed E-state index contributed by atoms with van der Waals surface area (Å²) in [6, 6.07) is 15.2. The molecule has 2 N–H and O–H groups in total. The number of alkyl carbamates (subject to hydrolysis) is 1. The molecule has 2 fully saturated rings. The van der Waals surface area contributed by atoms with Gasteiger partial charge in [-0.25, -0.2) is 9.59 Å². The smallest absolute Gasteiger partial charge is 0.407 e. The summed E-state index contributed by atoms with van der Waals surface area (Å²) in [6.07, 6.45) is 1.61. The van der Waals surface area contributed by atoms with E-state index >= 15 is 0 Å². The molecular weight excluding hydrogens is 444 g/mol. The Bertz CT molecular complexity index is 1130. The molecule has 0 aromatic heterocycles. The molecule has 184 valence electrons. The summed E-state index contributed by atoms with van der Waals surface area (Å²) in [5.41, 5.74) is 2.73. The van der Waals surface area contributed by atoms with Crippen LogP contribution < -0.4 is 5.32 Å². The summed E-state index contributed by atoms with van der Waals surface area (Å²) in [4.78, 5) is 40.3. The van der Waals surface area contributed by atoms with E-state index in [-0.39, 0.29) is 24.5 Å². The molecule has 7 heteroatoms. The van der Waals surface area contributed by atoms with Crippen molar-refractivity contribution in [2.24, 2.45) is 5.41 Å². The van der Waals surface area contributed by atoms with Crippen molar-refractivity contribution < 1.29 is 24.2 Å². The second-order valence-electron chi connectivity index (χ2n) is 11.0. The number of carbonyl (C=O) groups is 3. The highest BCUT2D eigenvalue weighted by atomic mass is 16.5. The topological polar surface area (TPSA) is 95.9 Å². The molecular formula is C28H32N2O5. The number of carboxylic acids is 1. The van der Waals surface area contributed by atoms with Crippen LogP contribution in [-0.2, 0) is 14.3 Å². The van der Waals surface area contributed by atoms with E-state index in [0.717, 1.165) is 22.3 Å². The third-order valence-electron chi connectivity index (χ3n) is 7.96. The maximum Gasteiger partial charge on any atom is 0.407 e. The fourth-order valence-corrected chi connectivity index (χ4v) is 6.18. The number of nitrogens with zero attached hydrogens (tertiary/aromatic N) is 1. The highest BCUT2D eigenvalue weighted by Crippen LogP contribution is 2.48. The van der Waals surface area contributed by atoms with Crippen molar-refractivity contribution in [2.45, 2.75) is 70.0 Å². The number of fused-ring (bicyclic) bond motifs is 5. The van der Waals surface area contributed by atoms with E-state index < -0.39 is 29.1 Å². The average Bonchev–Trinajstić information content (AvgIpc) is 3.49.